The van der Waals surface area contributed by atoms with Crippen LogP contribution in [0.3, 0.4) is 0 Å². The zero-order valence-electron chi connectivity index (χ0n) is 15.6. The summed E-state index contributed by atoms with van der Waals surface area (Å²) in [4.78, 5) is 28.3. The van der Waals surface area contributed by atoms with Gasteiger partial charge in [0.05, 0.1) is 24.8 Å². The van der Waals surface area contributed by atoms with Crippen LogP contribution in [-0.4, -0.2) is 67.4 Å². The standard InChI is InChI=1S/C19H22N4O4/c1-22(2)16-8-9-17(21-20-16)27-13-10-11-23(12-13)18(24)14-6-4-5-7-15(14)19(25)26-3/h4-9,13H,10-12H2,1-3H3. The second-order valence-corrected chi connectivity index (χ2v) is 6.44. The summed E-state index contributed by atoms with van der Waals surface area (Å²) in [7, 11) is 5.07. The second-order valence-electron chi connectivity index (χ2n) is 6.44. The van der Waals surface area contributed by atoms with E-state index in [1.54, 1.807) is 35.2 Å². The highest BCUT2D eigenvalue weighted by Gasteiger charge is 2.30. The molecule has 0 aliphatic carbocycles. The van der Waals surface area contributed by atoms with Gasteiger partial charge in [-0.3, -0.25) is 4.79 Å². The molecule has 0 saturated carbocycles. The number of hydrogen-bond acceptors (Lipinski definition) is 7. The molecule has 0 N–H and O–H groups in total. The summed E-state index contributed by atoms with van der Waals surface area (Å²) in [5, 5.41) is 8.14. The van der Waals surface area contributed by atoms with E-state index >= 15 is 0 Å². The average molecular weight is 370 g/mol. The molecule has 0 bridgehead atoms. The van der Waals surface area contributed by atoms with Gasteiger partial charge in [-0.1, -0.05) is 12.1 Å². The molecule has 27 heavy (non-hydrogen) atoms. The number of rotatable bonds is 5. The fraction of sp³-hybridized carbons (Fsp3) is 0.368. The number of carbonyl (C=O) groups excluding carboxylic acids is 2. The van der Waals surface area contributed by atoms with E-state index in [4.69, 9.17) is 9.47 Å². The smallest absolute Gasteiger partial charge is 0.338 e. The number of aromatic nitrogens is 2. The first-order valence-electron chi connectivity index (χ1n) is 8.64. The van der Waals surface area contributed by atoms with Crippen LogP contribution in [0.25, 0.3) is 0 Å². The van der Waals surface area contributed by atoms with E-state index in [0.717, 1.165) is 5.82 Å². The van der Waals surface area contributed by atoms with Crippen LogP contribution in [0.5, 0.6) is 5.88 Å². The lowest BCUT2D eigenvalue weighted by atomic mass is 10.1. The molecule has 1 aliphatic heterocycles. The van der Waals surface area contributed by atoms with Gasteiger partial charge in [0.15, 0.2) is 5.82 Å². The Balaban J connectivity index is 1.66. The van der Waals surface area contributed by atoms with E-state index in [2.05, 4.69) is 10.2 Å². The summed E-state index contributed by atoms with van der Waals surface area (Å²) in [5.74, 6) is 0.429. The highest BCUT2D eigenvalue weighted by atomic mass is 16.5. The number of nitrogens with zero attached hydrogens (tertiary/aromatic N) is 4. The van der Waals surface area contributed by atoms with Crippen molar-refractivity contribution in [1.82, 2.24) is 15.1 Å². The lowest BCUT2D eigenvalue weighted by molar-refractivity contribution is 0.0591. The van der Waals surface area contributed by atoms with E-state index < -0.39 is 5.97 Å². The molecule has 1 saturated heterocycles. The number of esters is 1. The van der Waals surface area contributed by atoms with Gasteiger partial charge in [0.2, 0.25) is 5.88 Å². The van der Waals surface area contributed by atoms with Crippen molar-refractivity contribution in [3.63, 3.8) is 0 Å². The summed E-state index contributed by atoms with van der Waals surface area (Å²) >= 11 is 0. The number of anilines is 1. The van der Waals surface area contributed by atoms with Crippen LogP contribution in [0.1, 0.15) is 27.1 Å². The number of benzene rings is 1. The second kappa shape index (κ2) is 8.03. The van der Waals surface area contributed by atoms with Crippen molar-refractivity contribution in [3.05, 3.63) is 47.5 Å². The van der Waals surface area contributed by atoms with Gasteiger partial charge in [-0.25, -0.2) is 4.79 Å². The summed E-state index contributed by atoms with van der Waals surface area (Å²) in [6.45, 7) is 0.966. The molecule has 1 amide bonds. The van der Waals surface area contributed by atoms with Crippen molar-refractivity contribution < 1.29 is 19.1 Å². The van der Waals surface area contributed by atoms with Gasteiger partial charge >= 0.3 is 5.97 Å². The monoisotopic (exact) mass is 370 g/mol. The highest BCUT2D eigenvalue weighted by molar-refractivity contribution is 6.05. The van der Waals surface area contributed by atoms with Crippen LogP contribution in [0.4, 0.5) is 5.82 Å². The summed E-state index contributed by atoms with van der Waals surface area (Å²) in [5.41, 5.74) is 0.597. The minimum absolute atomic E-state index is 0.168. The fourth-order valence-corrected chi connectivity index (χ4v) is 2.92. The SMILES string of the molecule is COC(=O)c1ccccc1C(=O)N1CCC(Oc2ccc(N(C)C)nn2)C1. The highest BCUT2D eigenvalue weighted by Crippen LogP contribution is 2.21. The molecule has 0 radical (unpaired) electrons. The molecule has 8 heteroatoms. The zero-order chi connectivity index (χ0) is 19.4. The molecule has 2 aromatic rings. The molecule has 1 atom stereocenters. The summed E-state index contributed by atoms with van der Waals surface area (Å²) in [6.07, 6.45) is 0.516. The number of carbonyl (C=O) groups is 2. The predicted molar refractivity (Wildman–Crippen MR) is 99.1 cm³/mol. The number of amides is 1. The zero-order valence-corrected chi connectivity index (χ0v) is 15.6. The normalized spacial score (nSPS) is 16.1. The number of hydrogen-bond donors (Lipinski definition) is 0. The maximum atomic E-state index is 12.8. The van der Waals surface area contributed by atoms with Crippen LogP contribution in [0.2, 0.25) is 0 Å². The molecule has 1 aromatic heterocycles. The molecule has 3 rings (SSSR count). The molecule has 1 unspecified atom stereocenters. The van der Waals surface area contributed by atoms with Crippen molar-refractivity contribution in [1.29, 1.82) is 0 Å². The van der Waals surface area contributed by atoms with Crippen LogP contribution in [0, 0.1) is 0 Å². The van der Waals surface area contributed by atoms with E-state index in [1.165, 1.54) is 7.11 Å². The van der Waals surface area contributed by atoms with Gasteiger partial charge in [-0.05, 0) is 18.2 Å². The van der Waals surface area contributed by atoms with Crippen LogP contribution in [-0.2, 0) is 4.74 Å². The van der Waals surface area contributed by atoms with E-state index in [1.807, 2.05) is 25.1 Å². The predicted octanol–water partition coefficient (Wildman–Crippen LogP) is 1.62. The van der Waals surface area contributed by atoms with Gasteiger partial charge in [-0.15, -0.1) is 10.2 Å². The van der Waals surface area contributed by atoms with Gasteiger partial charge in [0.25, 0.3) is 5.91 Å². The van der Waals surface area contributed by atoms with Gasteiger partial charge < -0.3 is 19.3 Å². The number of likely N-dealkylation sites (tertiary alicyclic amines) is 1. The van der Waals surface area contributed by atoms with Crippen LogP contribution in [0.15, 0.2) is 36.4 Å². The Morgan fingerprint density at radius 1 is 1.11 bits per heavy atom. The maximum Gasteiger partial charge on any atom is 0.338 e. The molecular formula is C19H22N4O4. The minimum Gasteiger partial charge on any atom is -0.471 e. The van der Waals surface area contributed by atoms with E-state index in [9.17, 15) is 9.59 Å². The summed E-state index contributed by atoms with van der Waals surface area (Å²) < 4.78 is 10.6. The molecule has 1 fully saturated rings. The largest absolute Gasteiger partial charge is 0.471 e. The van der Waals surface area contributed by atoms with Gasteiger partial charge in [-0.2, -0.15) is 0 Å². The topological polar surface area (TPSA) is 84.9 Å². The Labute approximate surface area is 157 Å². The van der Waals surface area contributed by atoms with Crippen LogP contribution < -0.4 is 9.64 Å². The maximum absolute atomic E-state index is 12.8. The molecule has 2 heterocycles. The first kappa shape index (κ1) is 18.6. The first-order valence-corrected chi connectivity index (χ1v) is 8.64. The fourth-order valence-electron chi connectivity index (χ4n) is 2.92. The first-order chi connectivity index (χ1) is 13.0. The van der Waals surface area contributed by atoms with Crippen molar-refractivity contribution >= 4 is 17.7 Å². The van der Waals surface area contributed by atoms with Crippen LogP contribution >= 0.6 is 0 Å². The Hall–Kier alpha value is -3.16. The lowest BCUT2D eigenvalue weighted by Gasteiger charge is -2.18. The van der Waals surface area contributed by atoms with Gasteiger partial charge in [0.1, 0.15) is 6.10 Å². The number of ether oxygens (including phenoxy) is 2. The molecule has 1 aliphatic rings. The molecule has 8 nitrogen and oxygen atoms in total. The Kier molecular flexibility index (Phi) is 5.54. The Morgan fingerprint density at radius 2 is 1.85 bits per heavy atom. The minimum atomic E-state index is -0.526. The van der Waals surface area contributed by atoms with Crippen molar-refractivity contribution in [3.8, 4) is 5.88 Å². The Bertz CT molecular complexity index is 823. The average Bonchev–Trinajstić information content (AvgIpc) is 3.15. The lowest BCUT2D eigenvalue weighted by Crippen LogP contribution is -2.32. The third-order valence-corrected chi connectivity index (χ3v) is 4.37. The molecular weight excluding hydrogens is 348 g/mol. The number of methoxy groups -OCH3 is 1. The Morgan fingerprint density at radius 3 is 2.48 bits per heavy atom. The van der Waals surface area contributed by atoms with Gasteiger partial charge in [0, 0.05) is 33.1 Å². The molecule has 142 valence electrons. The third-order valence-electron chi connectivity index (χ3n) is 4.37. The van der Waals surface area contributed by atoms with Crippen molar-refractivity contribution in [2.75, 3.05) is 39.2 Å². The summed E-state index contributed by atoms with van der Waals surface area (Å²) in [6, 6.07) is 10.2. The molecule has 1 aromatic carbocycles. The van der Waals surface area contributed by atoms with Crippen molar-refractivity contribution in [2.45, 2.75) is 12.5 Å². The quantitative estimate of drug-likeness (QED) is 0.740. The third kappa shape index (κ3) is 4.16. The van der Waals surface area contributed by atoms with Crippen molar-refractivity contribution in [2.24, 2.45) is 0 Å². The van der Waals surface area contributed by atoms with E-state index in [-0.39, 0.29) is 17.6 Å². The molecule has 0 spiro atoms. The van der Waals surface area contributed by atoms with E-state index in [0.29, 0.717) is 31.0 Å².